The number of nitrogens with zero attached hydrogens (tertiary/aromatic N) is 1. The number of phenolic OH excluding ortho intramolecular Hbond substituents is 1. The smallest absolute Gasteiger partial charge is 0.342 e. The highest BCUT2D eigenvalue weighted by atomic mass is 32.2. The number of rotatable bonds is 7. The molecular formula is C22H26N2O7S. The molecule has 1 saturated heterocycles. The highest BCUT2D eigenvalue weighted by Crippen LogP contribution is 2.26. The largest absolute Gasteiger partial charge is 0.507 e. The summed E-state index contributed by atoms with van der Waals surface area (Å²) in [7, 11) is -2.24. The number of amides is 1. The molecule has 1 heterocycles. The van der Waals surface area contributed by atoms with Gasteiger partial charge in [0.1, 0.15) is 17.1 Å². The van der Waals surface area contributed by atoms with Gasteiger partial charge in [0, 0.05) is 18.8 Å². The number of aryl methyl sites for hydroxylation is 1. The molecule has 0 saturated carbocycles. The molecule has 1 amide bonds. The van der Waals surface area contributed by atoms with E-state index in [2.05, 4.69) is 5.32 Å². The van der Waals surface area contributed by atoms with Crippen molar-refractivity contribution in [1.29, 1.82) is 0 Å². The van der Waals surface area contributed by atoms with Crippen LogP contribution in [-0.4, -0.2) is 56.5 Å². The fourth-order valence-electron chi connectivity index (χ4n) is 3.35. The Morgan fingerprint density at radius 3 is 2.50 bits per heavy atom. The number of anilines is 1. The average molecular weight is 463 g/mol. The summed E-state index contributed by atoms with van der Waals surface area (Å²) in [6, 6.07) is 8.61. The van der Waals surface area contributed by atoms with Crippen LogP contribution in [0.5, 0.6) is 11.5 Å². The van der Waals surface area contributed by atoms with Gasteiger partial charge in [-0.05, 0) is 55.7 Å². The summed E-state index contributed by atoms with van der Waals surface area (Å²) in [4.78, 5) is 24.6. The maximum atomic E-state index is 12.9. The van der Waals surface area contributed by atoms with Crippen LogP contribution >= 0.6 is 0 Å². The highest BCUT2D eigenvalue weighted by molar-refractivity contribution is 7.89. The van der Waals surface area contributed by atoms with Crippen molar-refractivity contribution in [3.63, 3.8) is 0 Å². The van der Waals surface area contributed by atoms with Gasteiger partial charge in [0.2, 0.25) is 10.0 Å². The number of carbonyl (C=O) groups is 2. The number of hydrogen-bond acceptors (Lipinski definition) is 7. The lowest BCUT2D eigenvalue weighted by molar-refractivity contribution is -0.119. The zero-order valence-corrected chi connectivity index (χ0v) is 18.8. The molecule has 1 aliphatic rings. The molecule has 2 aromatic carbocycles. The Balaban J connectivity index is 1.67. The van der Waals surface area contributed by atoms with E-state index >= 15 is 0 Å². The summed E-state index contributed by atoms with van der Waals surface area (Å²) in [5, 5.41) is 12.4. The van der Waals surface area contributed by atoms with Gasteiger partial charge in [-0.25, -0.2) is 13.2 Å². The minimum Gasteiger partial charge on any atom is -0.507 e. The maximum Gasteiger partial charge on any atom is 0.342 e. The Labute approximate surface area is 187 Å². The monoisotopic (exact) mass is 462 g/mol. The van der Waals surface area contributed by atoms with Gasteiger partial charge >= 0.3 is 5.97 Å². The molecule has 172 valence electrons. The first-order valence-electron chi connectivity index (χ1n) is 10.2. The number of nitrogens with one attached hydrogen (secondary N) is 1. The molecule has 10 heteroatoms. The van der Waals surface area contributed by atoms with Crippen molar-refractivity contribution in [2.75, 3.05) is 32.1 Å². The van der Waals surface area contributed by atoms with Crippen molar-refractivity contribution in [2.45, 2.75) is 31.1 Å². The molecule has 0 bridgehead atoms. The predicted octanol–water partition coefficient (Wildman–Crippen LogP) is 2.68. The number of phenols is 1. The van der Waals surface area contributed by atoms with Crippen LogP contribution in [0.25, 0.3) is 0 Å². The van der Waals surface area contributed by atoms with Crippen LogP contribution in [-0.2, 0) is 19.6 Å². The van der Waals surface area contributed by atoms with Gasteiger partial charge in [0.25, 0.3) is 5.91 Å². The van der Waals surface area contributed by atoms with Crippen LogP contribution in [0.15, 0.2) is 41.3 Å². The van der Waals surface area contributed by atoms with Gasteiger partial charge in [0.15, 0.2) is 6.61 Å². The van der Waals surface area contributed by atoms with Gasteiger partial charge in [-0.15, -0.1) is 0 Å². The highest BCUT2D eigenvalue weighted by Gasteiger charge is 2.26. The number of ether oxygens (including phenoxy) is 2. The van der Waals surface area contributed by atoms with Gasteiger partial charge in [-0.2, -0.15) is 4.31 Å². The Hall–Kier alpha value is -3.11. The molecular weight excluding hydrogens is 436 g/mol. The van der Waals surface area contributed by atoms with E-state index in [4.69, 9.17) is 9.47 Å². The molecule has 1 fully saturated rings. The first-order valence-corrected chi connectivity index (χ1v) is 11.6. The third-order valence-corrected chi connectivity index (χ3v) is 7.09. The van der Waals surface area contributed by atoms with Crippen molar-refractivity contribution >= 4 is 27.6 Å². The molecule has 0 unspecified atom stereocenters. The molecule has 0 spiro atoms. The zero-order valence-electron chi connectivity index (χ0n) is 18.0. The first-order chi connectivity index (χ1) is 15.2. The SMILES string of the molecule is COc1ccc(O)c(C(=O)OCC(=O)Nc2cc(S(=O)(=O)N3CCCCC3)ccc2C)c1. The fraction of sp³-hybridized carbons (Fsp3) is 0.364. The van der Waals surface area contributed by atoms with Crippen LogP contribution in [0.1, 0.15) is 35.2 Å². The predicted molar refractivity (Wildman–Crippen MR) is 117 cm³/mol. The fourth-order valence-corrected chi connectivity index (χ4v) is 4.90. The van der Waals surface area contributed by atoms with Gasteiger partial charge in [-0.1, -0.05) is 12.5 Å². The number of carbonyl (C=O) groups excluding carboxylic acids is 2. The Kier molecular flexibility index (Phi) is 7.37. The summed E-state index contributed by atoms with van der Waals surface area (Å²) in [5.74, 6) is -1.49. The number of methoxy groups -OCH3 is 1. The zero-order chi connectivity index (χ0) is 23.3. The second-order valence-electron chi connectivity index (χ2n) is 7.45. The van der Waals surface area contributed by atoms with Crippen molar-refractivity contribution < 1.29 is 32.6 Å². The van der Waals surface area contributed by atoms with Crippen molar-refractivity contribution in [3.8, 4) is 11.5 Å². The van der Waals surface area contributed by atoms with Gasteiger partial charge in [0.05, 0.1) is 12.0 Å². The number of esters is 1. The number of benzene rings is 2. The van der Waals surface area contributed by atoms with E-state index in [1.54, 1.807) is 13.0 Å². The average Bonchev–Trinajstić information content (AvgIpc) is 2.79. The first kappa shape index (κ1) is 23.6. The van der Waals surface area contributed by atoms with Crippen LogP contribution < -0.4 is 10.1 Å². The lowest BCUT2D eigenvalue weighted by Gasteiger charge is -2.26. The second-order valence-corrected chi connectivity index (χ2v) is 9.39. The topological polar surface area (TPSA) is 122 Å². The molecule has 0 radical (unpaired) electrons. The Morgan fingerprint density at radius 1 is 1.09 bits per heavy atom. The normalized spacial score (nSPS) is 14.6. The van der Waals surface area contributed by atoms with Gasteiger partial charge in [-0.3, -0.25) is 4.79 Å². The summed E-state index contributed by atoms with van der Waals surface area (Å²) in [6.45, 7) is 2.07. The van der Waals surface area contributed by atoms with E-state index in [0.29, 0.717) is 30.1 Å². The van der Waals surface area contributed by atoms with E-state index in [1.165, 1.54) is 41.7 Å². The van der Waals surface area contributed by atoms with E-state index < -0.39 is 28.5 Å². The molecule has 1 aliphatic heterocycles. The lowest BCUT2D eigenvalue weighted by Crippen LogP contribution is -2.35. The van der Waals surface area contributed by atoms with E-state index in [-0.39, 0.29) is 16.2 Å². The second kappa shape index (κ2) is 10.0. The van der Waals surface area contributed by atoms with Crippen LogP contribution in [0.3, 0.4) is 0 Å². The number of sulfonamides is 1. The summed E-state index contributed by atoms with van der Waals surface area (Å²) >= 11 is 0. The third kappa shape index (κ3) is 5.38. The van der Waals surface area contributed by atoms with Crippen LogP contribution in [0.2, 0.25) is 0 Å². The minimum absolute atomic E-state index is 0.0959. The molecule has 0 aliphatic carbocycles. The maximum absolute atomic E-state index is 12.9. The lowest BCUT2D eigenvalue weighted by atomic mass is 10.2. The number of hydrogen-bond donors (Lipinski definition) is 2. The molecule has 0 atom stereocenters. The van der Waals surface area contributed by atoms with Crippen molar-refractivity contribution in [1.82, 2.24) is 4.31 Å². The summed E-state index contributed by atoms with van der Waals surface area (Å²) < 4.78 is 37.3. The third-order valence-electron chi connectivity index (χ3n) is 5.19. The molecule has 2 aromatic rings. The van der Waals surface area contributed by atoms with Gasteiger partial charge < -0.3 is 19.9 Å². The van der Waals surface area contributed by atoms with Crippen molar-refractivity contribution in [3.05, 3.63) is 47.5 Å². The van der Waals surface area contributed by atoms with Crippen LogP contribution in [0, 0.1) is 6.92 Å². The summed E-state index contributed by atoms with van der Waals surface area (Å²) in [5.41, 5.74) is 0.837. The van der Waals surface area contributed by atoms with E-state index in [1.807, 2.05) is 0 Å². The minimum atomic E-state index is -3.65. The van der Waals surface area contributed by atoms with Crippen molar-refractivity contribution in [2.24, 2.45) is 0 Å². The molecule has 3 rings (SSSR count). The molecule has 0 aromatic heterocycles. The molecule has 32 heavy (non-hydrogen) atoms. The Bertz CT molecular complexity index is 1110. The summed E-state index contributed by atoms with van der Waals surface area (Å²) in [6.07, 6.45) is 2.65. The van der Waals surface area contributed by atoms with E-state index in [0.717, 1.165) is 19.3 Å². The van der Waals surface area contributed by atoms with Crippen LogP contribution in [0.4, 0.5) is 5.69 Å². The molecule has 9 nitrogen and oxygen atoms in total. The quantitative estimate of drug-likeness (QED) is 0.607. The Morgan fingerprint density at radius 2 is 1.81 bits per heavy atom. The van der Waals surface area contributed by atoms with E-state index in [9.17, 15) is 23.1 Å². The number of aromatic hydroxyl groups is 1. The molecule has 2 N–H and O–H groups in total. The standard InChI is InChI=1S/C22H26N2O7S/c1-15-6-8-17(32(28,29)24-10-4-3-5-11-24)13-19(15)23-21(26)14-31-22(27)18-12-16(30-2)7-9-20(18)25/h6-9,12-13,25H,3-5,10-11,14H2,1-2H3,(H,23,26). The number of piperidine rings is 1.